The largest absolute Gasteiger partial charge is 0.397 e. The summed E-state index contributed by atoms with van der Waals surface area (Å²) in [6.45, 7) is 3.23. The third-order valence-electron chi connectivity index (χ3n) is 13.2. The van der Waals surface area contributed by atoms with E-state index in [1.165, 1.54) is 141 Å². The van der Waals surface area contributed by atoms with Crippen LogP contribution in [0.25, 0.3) is 0 Å². The minimum atomic E-state index is -5.13. The molecular formula is C56H103NO12S. The SMILES string of the molecule is CCCCCCCCCCCC/C=C\CCCCCCCCC(O)C(=O)NC(COC1OC(CO)C(O)C(OS(=O)(=O)O)C1O)C(O)/C=C/CC/C=C/CC/C=C/CCCCCCCCCCCCC. The van der Waals surface area contributed by atoms with E-state index in [0.29, 0.717) is 12.8 Å². The van der Waals surface area contributed by atoms with E-state index in [-0.39, 0.29) is 6.42 Å². The van der Waals surface area contributed by atoms with E-state index in [0.717, 1.165) is 70.6 Å². The monoisotopic (exact) mass is 1010 g/mol. The van der Waals surface area contributed by atoms with Crippen molar-refractivity contribution >= 4 is 16.3 Å². The fourth-order valence-electron chi connectivity index (χ4n) is 8.72. The van der Waals surface area contributed by atoms with Crippen LogP contribution in [0.1, 0.15) is 239 Å². The van der Waals surface area contributed by atoms with Gasteiger partial charge in [-0.3, -0.25) is 9.35 Å². The summed E-state index contributed by atoms with van der Waals surface area (Å²) >= 11 is 0. The zero-order valence-corrected chi connectivity index (χ0v) is 44.8. The molecule has 0 aromatic heterocycles. The Labute approximate surface area is 426 Å². The molecular weight excluding hydrogens is 911 g/mol. The summed E-state index contributed by atoms with van der Waals surface area (Å²) in [5, 5.41) is 55.5. The van der Waals surface area contributed by atoms with Gasteiger partial charge in [-0.15, -0.1) is 0 Å². The van der Waals surface area contributed by atoms with Gasteiger partial charge in [-0.1, -0.05) is 217 Å². The quantitative estimate of drug-likeness (QED) is 0.0172. The molecule has 13 nitrogen and oxygen atoms in total. The van der Waals surface area contributed by atoms with Crippen molar-refractivity contribution in [3.8, 4) is 0 Å². The molecule has 8 unspecified atom stereocenters. The molecule has 14 heteroatoms. The van der Waals surface area contributed by atoms with Gasteiger partial charge in [-0.25, -0.2) is 4.18 Å². The van der Waals surface area contributed by atoms with E-state index in [1.807, 2.05) is 0 Å². The second-order valence-electron chi connectivity index (χ2n) is 19.6. The molecule has 1 aliphatic heterocycles. The predicted octanol–water partition coefficient (Wildman–Crippen LogP) is 11.8. The molecule has 1 aliphatic rings. The molecule has 0 spiro atoms. The third-order valence-corrected chi connectivity index (χ3v) is 13.6. The van der Waals surface area contributed by atoms with Crippen molar-refractivity contribution in [2.45, 2.75) is 288 Å². The van der Waals surface area contributed by atoms with Gasteiger partial charge in [0, 0.05) is 0 Å². The summed E-state index contributed by atoms with van der Waals surface area (Å²) in [6, 6.07) is -1.15. The minimum absolute atomic E-state index is 0.226. The van der Waals surface area contributed by atoms with E-state index < -0.39 is 78.5 Å². The number of carbonyl (C=O) groups is 1. The van der Waals surface area contributed by atoms with Crippen molar-refractivity contribution in [3.63, 3.8) is 0 Å². The lowest BCUT2D eigenvalue weighted by Gasteiger charge is -2.41. The van der Waals surface area contributed by atoms with Crippen LogP contribution in [-0.2, 0) is 28.9 Å². The van der Waals surface area contributed by atoms with Crippen molar-refractivity contribution < 1.29 is 57.0 Å². The number of rotatable bonds is 48. The lowest BCUT2D eigenvalue weighted by molar-refractivity contribution is -0.298. The Morgan fingerprint density at radius 2 is 0.957 bits per heavy atom. The Morgan fingerprint density at radius 1 is 0.571 bits per heavy atom. The van der Waals surface area contributed by atoms with Gasteiger partial charge in [0.2, 0.25) is 5.91 Å². The average Bonchev–Trinajstić information content (AvgIpc) is 3.33. The second kappa shape index (κ2) is 45.6. The number of hydrogen-bond acceptors (Lipinski definition) is 11. The number of aliphatic hydroxyl groups is 5. The Kier molecular flexibility index (Phi) is 43.0. The van der Waals surface area contributed by atoms with Crippen LogP contribution >= 0.6 is 0 Å². The van der Waals surface area contributed by atoms with Gasteiger partial charge >= 0.3 is 10.4 Å². The van der Waals surface area contributed by atoms with E-state index in [9.17, 15) is 43.3 Å². The molecule has 0 saturated carbocycles. The zero-order valence-electron chi connectivity index (χ0n) is 43.9. The van der Waals surface area contributed by atoms with Crippen LogP contribution in [0.2, 0.25) is 0 Å². The first-order chi connectivity index (χ1) is 33.9. The van der Waals surface area contributed by atoms with Crippen LogP contribution in [0.15, 0.2) is 48.6 Å². The molecule has 0 bridgehead atoms. The molecule has 0 aromatic rings. The summed E-state index contributed by atoms with van der Waals surface area (Å²) < 4.78 is 47.7. The van der Waals surface area contributed by atoms with E-state index >= 15 is 0 Å². The Balaban J connectivity index is 2.51. The normalized spacial score (nSPS) is 20.4. The van der Waals surface area contributed by atoms with Gasteiger partial charge < -0.3 is 40.3 Å². The molecule has 1 rings (SSSR count). The lowest BCUT2D eigenvalue weighted by Crippen LogP contribution is -2.61. The smallest absolute Gasteiger partial charge is 0.394 e. The van der Waals surface area contributed by atoms with Gasteiger partial charge in [-0.2, -0.15) is 8.42 Å². The summed E-state index contributed by atoms with van der Waals surface area (Å²) in [7, 11) is -5.13. The van der Waals surface area contributed by atoms with Crippen LogP contribution in [-0.4, -0.2) is 107 Å². The fraction of sp³-hybridized carbons (Fsp3) is 0.839. The number of nitrogens with one attached hydrogen (secondary N) is 1. The zero-order chi connectivity index (χ0) is 51.3. The molecule has 70 heavy (non-hydrogen) atoms. The topological polar surface area (TPSA) is 212 Å². The van der Waals surface area contributed by atoms with Crippen molar-refractivity contribution in [1.82, 2.24) is 5.32 Å². The lowest BCUT2D eigenvalue weighted by atomic mass is 9.99. The van der Waals surface area contributed by atoms with Crippen LogP contribution < -0.4 is 5.32 Å². The summed E-state index contributed by atoms with van der Waals surface area (Å²) in [6.07, 6.45) is 46.2. The highest BCUT2D eigenvalue weighted by Crippen LogP contribution is 2.26. The maximum absolute atomic E-state index is 13.2. The third kappa shape index (κ3) is 36.9. The molecule has 0 aliphatic carbocycles. The van der Waals surface area contributed by atoms with Crippen LogP contribution in [0.5, 0.6) is 0 Å². The summed E-state index contributed by atoms with van der Waals surface area (Å²) in [4.78, 5) is 13.2. The highest BCUT2D eigenvalue weighted by Gasteiger charge is 2.48. The van der Waals surface area contributed by atoms with Gasteiger partial charge in [0.15, 0.2) is 6.29 Å². The number of aliphatic hydroxyl groups excluding tert-OH is 5. The second-order valence-corrected chi connectivity index (χ2v) is 20.7. The molecule has 7 N–H and O–H groups in total. The number of ether oxygens (including phenoxy) is 2. The van der Waals surface area contributed by atoms with E-state index in [2.05, 4.69) is 59.8 Å². The minimum Gasteiger partial charge on any atom is -0.394 e. The number of amides is 1. The standard InChI is InChI=1S/C56H103NO12S/c1-3-5-7-9-11-13-15-17-19-21-23-25-27-28-30-32-34-36-38-40-42-44-49(59)48(47-67-56-53(62)54(69-70(64,65)66)52(61)51(46-58)68-56)57-55(63)50(60)45-43-41-39-37-35-33-31-29-26-24-22-20-18-16-14-12-10-8-6-4-2/h26-29,34,36,42,44,48-54,56,58-62H,3-25,30-33,35,37-41,43,45-47H2,1-2H3,(H,57,63)(H,64,65,66)/b28-27+,29-26-,36-34+,44-42+. The Bertz CT molecular complexity index is 1440. The molecule has 410 valence electrons. The highest BCUT2D eigenvalue weighted by atomic mass is 32.3. The number of unbranched alkanes of at least 4 members (excludes halogenated alkanes) is 29. The van der Waals surface area contributed by atoms with Crippen molar-refractivity contribution in [1.29, 1.82) is 0 Å². The molecule has 1 fully saturated rings. The molecule has 8 atom stereocenters. The Morgan fingerprint density at radius 3 is 1.37 bits per heavy atom. The maximum atomic E-state index is 13.2. The first kappa shape index (κ1) is 66.0. The van der Waals surface area contributed by atoms with Crippen LogP contribution in [0.3, 0.4) is 0 Å². The van der Waals surface area contributed by atoms with Crippen molar-refractivity contribution in [2.24, 2.45) is 0 Å². The van der Waals surface area contributed by atoms with Gasteiger partial charge in [-0.05, 0) is 70.6 Å². The van der Waals surface area contributed by atoms with E-state index in [1.54, 1.807) is 6.08 Å². The van der Waals surface area contributed by atoms with E-state index in [4.69, 9.17) is 9.47 Å². The fourth-order valence-corrected chi connectivity index (χ4v) is 9.23. The van der Waals surface area contributed by atoms with Crippen LogP contribution in [0, 0.1) is 0 Å². The molecule has 1 saturated heterocycles. The first-order valence-corrected chi connectivity index (χ1v) is 29.5. The maximum Gasteiger partial charge on any atom is 0.397 e. The van der Waals surface area contributed by atoms with Crippen LogP contribution in [0.4, 0.5) is 0 Å². The van der Waals surface area contributed by atoms with Crippen molar-refractivity contribution in [3.05, 3.63) is 48.6 Å². The van der Waals surface area contributed by atoms with Gasteiger partial charge in [0.1, 0.15) is 30.5 Å². The molecule has 1 heterocycles. The van der Waals surface area contributed by atoms with Crippen molar-refractivity contribution in [2.75, 3.05) is 13.2 Å². The summed E-state index contributed by atoms with van der Waals surface area (Å²) in [5.74, 6) is -0.720. The number of allylic oxidation sites excluding steroid dienone is 7. The average molecular weight is 1010 g/mol. The summed E-state index contributed by atoms with van der Waals surface area (Å²) in [5.41, 5.74) is 0. The van der Waals surface area contributed by atoms with Gasteiger partial charge in [0.05, 0.1) is 25.4 Å². The molecule has 0 aromatic carbocycles. The van der Waals surface area contributed by atoms with Gasteiger partial charge in [0.25, 0.3) is 0 Å². The highest BCUT2D eigenvalue weighted by molar-refractivity contribution is 7.80. The number of carbonyl (C=O) groups excluding carboxylic acids is 1. The predicted molar refractivity (Wildman–Crippen MR) is 284 cm³/mol. The Hall–Kier alpha value is -1.98. The molecule has 0 radical (unpaired) electrons. The first-order valence-electron chi connectivity index (χ1n) is 28.1. The molecule has 1 amide bonds. The number of hydrogen-bond donors (Lipinski definition) is 7.